The van der Waals surface area contributed by atoms with Crippen molar-refractivity contribution in [2.24, 2.45) is 0 Å². The van der Waals surface area contributed by atoms with Gasteiger partial charge < -0.3 is 5.32 Å². The van der Waals surface area contributed by atoms with Gasteiger partial charge in [0.15, 0.2) is 0 Å². The SMILES string of the molecule is Cc1c(NC(=O)/C=C(/c2ccccc2)C(F)(F)F)cccc1[N+](=O)[O-]. The fourth-order valence-corrected chi connectivity index (χ4v) is 2.20. The highest BCUT2D eigenvalue weighted by atomic mass is 19.4. The molecule has 0 aliphatic carbocycles. The molecular weight excluding hydrogens is 337 g/mol. The molecule has 0 saturated carbocycles. The summed E-state index contributed by atoms with van der Waals surface area (Å²) >= 11 is 0. The highest BCUT2D eigenvalue weighted by Gasteiger charge is 2.35. The lowest BCUT2D eigenvalue weighted by Crippen LogP contribution is -2.16. The lowest BCUT2D eigenvalue weighted by atomic mass is 10.0. The molecule has 0 aliphatic rings. The van der Waals surface area contributed by atoms with Crippen molar-refractivity contribution in [2.45, 2.75) is 13.1 Å². The second-order valence-corrected chi connectivity index (χ2v) is 5.12. The Balaban J connectivity index is 2.35. The quantitative estimate of drug-likeness (QED) is 0.502. The molecule has 0 aromatic heterocycles. The van der Waals surface area contributed by atoms with Crippen molar-refractivity contribution in [3.8, 4) is 0 Å². The van der Waals surface area contributed by atoms with E-state index in [0.29, 0.717) is 6.08 Å². The number of benzene rings is 2. The molecule has 0 heterocycles. The Bertz CT molecular complexity index is 831. The van der Waals surface area contributed by atoms with Gasteiger partial charge in [-0.2, -0.15) is 13.2 Å². The molecule has 25 heavy (non-hydrogen) atoms. The zero-order valence-corrected chi connectivity index (χ0v) is 13.0. The van der Waals surface area contributed by atoms with Crippen LogP contribution in [-0.2, 0) is 4.79 Å². The van der Waals surface area contributed by atoms with Gasteiger partial charge in [-0.05, 0) is 18.6 Å². The molecule has 0 unspecified atom stereocenters. The number of carbonyl (C=O) groups excluding carboxylic acids is 1. The third-order valence-corrected chi connectivity index (χ3v) is 3.43. The van der Waals surface area contributed by atoms with E-state index in [2.05, 4.69) is 5.32 Å². The molecule has 0 radical (unpaired) electrons. The van der Waals surface area contributed by atoms with Gasteiger partial charge in [0.1, 0.15) is 0 Å². The standard InChI is InChI=1S/C17H13F3N2O3/c1-11-14(8-5-9-15(11)22(24)25)21-16(23)10-13(17(18,19)20)12-6-3-2-4-7-12/h2-10H,1H3,(H,21,23)/b13-10-. The summed E-state index contributed by atoms with van der Waals surface area (Å²) in [4.78, 5) is 22.3. The number of hydrogen-bond donors (Lipinski definition) is 1. The molecule has 0 aliphatic heterocycles. The minimum absolute atomic E-state index is 0.0741. The molecule has 2 aromatic rings. The predicted octanol–water partition coefficient (Wildman–Crippen LogP) is 4.49. The number of allylic oxidation sites excluding steroid dienone is 1. The second-order valence-electron chi connectivity index (χ2n) is 5.12. The summed E-state index contributed by atoms with van der Waals surface area (Å²) in [6.07, 6.45) is -4.29. The van der Waals surface area contributed by atoms with E-state index in [1.807, 2.05) is 0 Å². The summed E-state index contributed by atoms with van der Waals surface area (Å²) < 4.78 is 39.6. The molecule has 0 bridgehead atoms. The van der Waals surface area contributed by atoms with E-state index < -0.39 is 22.6 Å². The van der Waals surface area contributed by atoms with Crippen LogP contribution >= 0.6 is 0 Å². The zero-order chi connectivity index (χ0) is 18.6. The van der Waals surface area contributed by atoms with E-state index in [1.54, 1.807) is 6.07 Å². The van der Waals surface area contributed by atoms with Gasteiger partial charge in [-0.15, -0.1) is 0 Å². The zero-order valence-electron chi connectivity index (χ0n) is 13.0. The third-order valence-electron chi connectivity index (χ3n) is 3.43. The van der Waals surface area contributed by atoms with Crippen LogP contribution in [-0.4, -0.2) is 17.0 Å². The van der Waals surface area contributed by atoms with Crippen molar-refractivity contribution in [3.63, 3.8) is 0 Å². The number of nitrogens with one attached hydrogen (secondary N) is 1. The van der Waals surface area contributed by atoms with Crippen LogP contribution in [0.25, 0.3) is 5.57 Å². The van der Waals surface area contributed by atoms with E-state index in [1.165, 1.54) is 49.4 Å². The van der Waals surface area contributed by atoms with Crippen LogP contribution in [0.4, 0.5) is 24.5 Å². The van der Waals surface area contributed by atoms with Crippen LogP contribution in [0.5, 0.6) is 0 Å². The number of halogens is 3. The maximum Gasteiger partial charge on any atom is 0.417 e. The van der Waals surface area contributed by atoms with Gasteiger partial charge in [-0.25, -0.2) is 0 Å². The Kier molecular flexibility index (Phi) is 5.21. The Labute approximate surface area is 140 Å². The number of hydrogen-bond acceptors (Lipinski definition) is 3. The Morgan fingerprint density at radius 2 is 1.76 bits per heavy atom. The van der Waals surface area contributed by atoms with E-state index >= 15 is 0 Å². The van der Waals surface area contributed by atoms with Gasteiger partial charge >= 0.3 is 6.18 Å². The number of nitro benzene ring substituents is 1. The predicted molar refractivity (Wildman–Crippen MR) is 86.9 cm³/mol. The van der Waals surface area contributed by atoms with Crippen molar-refractivity contribution in [2.75, 3.05) is 5.32 Å². The lowest BCUT2D eigenvalue weighted by Gasteiger charge is -2.12. The minimum Gasteiger partial charge on any atom is -0.322 e. The number of nitrogens with zero attached hydrogens (tertiary/aromatic N) is 1. The highest BCUT2D eigenvalue weighted by molar-refractivity contribution is 6.05. The third kappa shape index (κ3) is 4.43. The lowest BCUT2D eigenvalue weighted by molar-refractivity contribution is -0.385. The first-order valence-corrected chi connectivity index (χ1v) is 7.09. The molecule has 0 fully saturated rings. The van der Waals surface area contributed by atoms with Gasteiger partial charge in [0.25, 0.3) is 5.69 Å². The van der Waals surface area contributed by atoms with Gasteiger partial charge in [-0.3, -0.25) is 14.9 Å². The smallest absolute Gasteiger partial charge is 0.322 e. The van der Waals surface area contributed by atoms with Crippen LogP contribution < -0.4 is 5.32 Å². The molecule has 1 N–H and O–H groups in total. The van der Waals surface area contributed by atoms with Gasteiger partial charge in [0.05, 0.1) is 21.7 Å². The van der Waals surface area contributed by atoms with E-state index in [4.69, 9.17) is 0 Å². The van der Waals surface area contributed by atoms with Gasteiger partial charge in [-0.1, -0.05) is 36.4 Å². The van der Waals surface area contributed by atoms with Crippen molar-refractivity contribution in [1.29, 1.82) is 0 Å². The van der Waals surface area contributed by atoms with Crippen molar-refractivity contribution in [1.82, 2.24) is 0 Å². The van der Waals surface area contributed by atoms with Crippen LogP contribution in [0.3, 0.4) is 0 Å². The highest BCUT2D eigenvalue weighted by Crippen LogP contribution is 2.34. The maximum absolute atomic E-state index is 13.2. The van der Waals surface area contributed by atoms with Gasteiger partial charge in [0.2, 0.25) is 5.91 Å². The molecule has 0 atom stereocenters. The van der Waals surface area contributed by atoms with Crippen LogP contribution in [0, 0.1) is 17.0 Å². The topological polar surface area (TPSA) is 72.2 Å². The van der Waals surface area contributed by atoms with Crippen molar-refractivity contribution < 1.29 is 22.9 Å². The molecule has 2 aromatic carbocycles. The summed E-state index contributed by atoms with van der Waals surface area (Å²) in [6.45, 7) is 1.40. The number of alkyl halides is 3. The molecule has 8 heteroatoms. The van der Waals surface area contributed by atoms with E-state index in [-0.39, 0.29) is 22.5 Å². The van der Waals surface area contributed by atoms with Crippen LogP contribution in [0.1, 0.15) is 11.1 Å². The Hall–Kier alpha value is -3.16. The summed E-state index contributed by atoms with van der Waals surface area (Å²) in [6, 6.07) is 10.9. The maximum atomic E-state index is 13.2. The van der Waals surface area contributed by atoms with E-state index in [0.717, 1.165) is 0 Å². The summed E-state index contributed by atoms with van der Waals surface area (Å²) in [7, 11) is 0. The minimum atomic E-state index is -4.73. The first-order valence-electron chi connectivity index (χ1n) is 7.09. The number of anilines is 1. The largest absolute Gasteiger partial charge is 0.417 e. The van der Waals surface area contributed by atoms with Crippen LogP contribution in [0.2, 0.25) is 0 Å². The summed E-state index contributed by atoms with van der Waals surface area (Å²) in [5.41, 5.74) is -1.26. The molecular formula is C17H13F3N2O3. The van der Waals surface area contributed by atoms with Crippen molar-refractivity contribution in [3.05, 3.63) is 75.8 Å². The van der Waals surface area contributed by atoms with Crippen molar-refractivity contribution >= 4 is 22.9 Å². The van der Waals surface area contributed by atoms with Crippen LogP contribution in [0.15, 0.2) is 54.6 Å². The van der Waals surface area contributed by atoms with E-state index in [9.17, 15) is 28.1 Å². The summed E-state index contributed by atoms with van der Waals surface area (Å²) in [5, 5.41) is 13.1. The normalized spacial score (nSPS) is 11.9. The summed E-state index contributed by atoms with van der Waals surface area (Å²) in [5.74, 6) is -1.03. The molecule has 2 rings (SSSR count). The first kappa shape index (κ1) is 18.2. The average molecular weight is 350 g/mol. The van der Waals surface area contributed by atoms with Gasteiger partial charge in [0, 0.05) is 12.1 Å². The Morgan fingerprint density at radius 1 is 1.12 bits per heavy atom. The number of nitro groups is 1. The molecule has 0 saturated heterocycles. The number of rotatable bonds is 4. The average Bonchev–Trinajstić information content (AvgIpc) is 2.54. The molecule has 0 spiro atoms. The molecule has 1 amide bonds. The molecule has 130 valence electrons. The second kappa shape index (κ2) is 7.16. The fourth-order valence-electron chi connectivity index (χ4n) is 2.20. The number of amides is 1. The molecule has 5 nitrogen and oxygen atoms in total. The first-order chi connectivity index (χ1) is 11.7. The monoisotopic (exact) mass is 350 g/mol. The fraction of sp³-hybridized carbons (Fsp3) is 0.118. The Morgan fingerprint density at radius 3 is 2.32 bits per heavy atom. The number of carbonyl (C=O) groups is 1.